The Hall–Kier alpha value is -1.20. The summed E-state index contributed by atoms with van der Waals surface area (Å²) in [5, 5.41) is 9.32. The van der Waals surface area contributed by atoms with E-state index < -0.39 is 50.7 Å². The zero-order chi connectivity index (χ0) is 42.6. The summed E-state index contributed by atoms with van der Waals surface area (Å²) in [6.07, 6.45) is 4.12. The number of methoxy groups -OCH3 is 1. The maximum absolute atomic E-state index is 14.1. The lowest BCUT2D eigenvalue weighted by Crippen LogP contribution is -2.49. The molecule has 0 spiro atoms. The monoisotopic (exact) mass is 850 g/mol. The van der Waals surface area contributed by atoms with Gasteiger partial charge in [-0.05, 0) is 104 Å². The molecule has 1 aromatic carbocycles. The number of hydrogen-bond acceptors (Lipinski definition) is 9. The van der Waals surface area contributed by atoms with Crippen LogP contribution < -0.4 is 0 Å². The van der Waals surface area contributed by atoms with Crippen molar-refractivity contribution in [2.24, 2.45) is 11.8 Å². The third kappa shape index (κ3) is 12.7. The van der Waals surface area contributed by atoms with Crippen LogP contribution in [0, 0.1) is 11.8 Å². The van der Waals surface area contributed by atoms with Gasteiger partial charge in [0.05, 0.1) is 66.1 Å². The Balaban J connectivity index is 1.59. The van der Waals surface area contributed by atoms with Gasteiger partial charge in [0.15, 0.2) is 26.5 Å². The van der Waals surface area contributed by atoms with Crippen molar-refractivity contribution in [3.8, 4) is 0 Å². The summed E-state index contributed by atoms with van der Waals surface area (Å²) >= 11 is 0. The minimum atomic E-state index is -3.68. The van der Waals surface area contributed by atoms with Crippen LogP contribution >= 0.6 is 0 Å². The van der Waals surface area contributed by atoms with Gasteiger partial charge in [0.2, 0.25) is 0 Å². The largest absolute Gasteiger partial charge is 0.414 e. The lowest BCUT2D eigenvalue weighted by molar-refractivity contribution is -0.0782. The number of benzene rings is 1. The number of hydrogen-bond donors (Lipinski definition) is 1. The van der Waals surface area contributed by atoms with Crippen LogP contribution in [0.1, 0.15) is 99.8 Å². The predicted octanol–water partition coefficient (Wildman–Crippen LogP) is 9.67. The zero-order valence-electron chi connectivity index (χ0n) is 37.5. The van der Waals surface area contributed by atoms with E-state index in [1.165, 1.54) is 0 Å². The second kappa shape index (κ2) is 19.7. The molecule has 57 heavy (non-hydrogen) atoms. The van der Waals surface area contributed by atoms with Gasteiger partial charge in [-0.25, -0.2) is 8.42 Å². The number of aliphatic hydroxyl groups is 1. The number of aliphatic hydroxyl groups excluding tert-OH is 1. The first-order chi connectivity index (χ1) is 26.4. The maximum atomic E-state index is 14.1. The fourth-order valence-electron chi connectivity index (χ4n) is 8.08. The van der Waals surface area contributed by atoms with Crippen LogP contribution in [0.15, 0.2) is 59.5 Å². The van der Waals surface area contributed by atoms with Crippen LogP contribution in [0.4, 0.5) is 0 Å². The van der Waals surface area contributed by atoms with E-state index >= 15 is 0 Å². The average molecular weight is 851 g/mol. The molecule has 9 nitrogen and oxygen atoms in total. The fourth-order valence-corrected chi connectivity index (χ4v) is 12.1. The average Bonchev–Trinajstić information content (AvgIpc) is 3.63. The van der Waals surface area contributed by atoms with Crippen molar-refractivity contribution in [2.45, 2.75) is 190 Å². The van der Waals surface area contributed by atoms with Gasteiger partial charge in [0.25, 0.3) is 0 Å². The van der Waals surface area contributed by atoms with Crippen LogP contribution in [0.3, 0.4) is 0 Å². The summed E-state index contributed by atoms with van der Waals surface area (Å²) in [6.45, 7) is 34.2. The summed E-state index contributed by atoms with van der Waals surface area (Å²) in [4.78, 5) is 0.297. The molecule has 0 saturated carbocycles. The lowest BCUT2D eigenvalue weighted by atomic mass is 9.83. The van der Waals surface area contributed by atoms with Crippen LogP contribution in [0.5, 0.6) is 0 Å². The third-order valence-electron chi connectivity index (χ3n) is 13.8. The van der Waals surface area contributed by atoms with Gasteiger partial charge in [-0.2, -0.15) is 0 Å². The Bertz CT molecular complexity index is 1570. The second-order valence-corrected chi connectivity index (χ2v) is 31.8. The molecule has 3 heterocycles. The van der Waals surface area contributed by atoms with Gasteiger partial charge >= 0.3 is 0 Å². The predicted molar refractivity (Wildman–Crippen MR) is 235 cm³/mol. The van der Waals surface area contributed by atoms with E-state index in [1.807, 2.05) is 6.07 Å². The van der Waals surface area contributed by atoms with Crippen molar-refractivity contribution in [1.82, 2.24) is 0 Å². The van der Waals surface area contributed by atoms with E-state index in [-0.39, 0.29) is 58.9 Å². The van der Waals surface area contributed by atoms with Gasteiger partial charge < -0.3 is 32.9 Å². The molecule has 4 rings (SSSR count). The molecule has 3 aliphatic rings. The number of rotatable bonds is 19. The van der Waals surface area contributed by atoms with Crippen LogP contribution in [0.25, 0.3) is 0 Å². The van der Waals surface area contributed by atoms with Gasteiger partial charge in [-0.1, -0.05) is 79.8 Å². The molecule has 0 amide bonds. The molecule has 12 heteroatoms. The SMILES string of the molecule is C=C1C[C@H](CCCO)O[C@H]1CC[C@H]1C[C@@H](C)C(=C)[C@@H](C[C@@H]2O[C@H](C[C@@H](CO[Si](C)(C)C(C)(C)C)O[Si](C)(C)C(C)(C)C)[C@H](OC)[C@H]2CS(=O)(=O)c2ccccc2)O1. The maximum Gasteiger partial charge on any atom is 0.192 e. The minimum Gasteiger partial charge on any atom is -0.414 e. The summed E-state index contributed by atoms with van der Waals surface area (Å²) in [6, 6.07) is 8.68. The Labute approximate surface area is 348 Å². The molecule has 0 unspecified atom stereocenters. The van der Waals surface area contributed by atoms with E-state index in [0.29, 0.717) is 24.3 Å². The van der Waals surface area contributed by atoms with E-state index in [9.17, 15) is 13.5 Å². The molecule has 10 atom stereocenters. The highest BCUT2D eigenvalue weighted by Gasteiger charge is 2.50. The van der Waals surface area contributed by atoms with E-state index in [2.05, 4.69) is 87.8 Å². The van der Waals surface area contributed by atoms with E-state index in [0.717, 1.165) is 49.7 Å². The van der Waals surface area contributed by atoms with Crippen molar-refractivity contribution in [3.05, 3.63) is 54.6 Å². The van der Waals surface area contributed by atoms with Gasteiger partial charge in [0.1, 0.15) is 0 Å². The van der Waals surface area contributed by atoms with Crippen LogP contribution in [-0.2, 0) is 37.6 Å². The quantitative estimate of drug-likeness (QED) is 0.108. The normalized spacial score (nSPS) is 29.9. The molecule has 326 valence electrons. The van der Waals surface area contributed by atoms with Crippen LogP contribution in [0.2, 0.25) is 36.3 Å². The standard InChI is InChI=1S/C45H78O9SSi2/c1-31-25-35(22-23-39-32(2)26-34(51-39)19-18-24-46)52-40(33(31)3)28-41-38(30-55(47,48)37-20-16-15-17-21-37)43(49-10)42(53-41)27-36(54-57(13,14)45(7,8)9)29-50-56(11,12)44(4,5)6/h15-17,20-21,31,34-36,38-43,46H,2-3,18-19,22-30H2,1,4-14H3/t31-,34+,35+,36+,38+,39+,40-,41+,42-,43-/m1/s1. The molecule has 3 saturated heterocycles. The molecular weight excluding hydrogens is 773 g/mol. The smallest absolute Gasteiger partial charge is 0.192 e. The molecule has 0 bridgehead atoms. The Kier molecular flexibility index (Phi) is 16.7. The molecule has 0 radical (unpaired) electrons. The zero-order valence-corrected chi connectivity index (χ0v) is 40.3. The third-order valence-corrected chi connectivity index (χ3v) is 24.7. The van der Waals surface area contributed by atoms with Crippen LogP contribution in [-0.4, -0.2) is 105 Å². The molecule has 0 aliphatic carbocycles. The topological polar surface area (TPSA) is 110 Å². The highest BCUT2D eigenvalue weighted by atomic mass is 32.2. The van der Waals surface area contributed by atoms with Gasteiger partial charge in [-0.15, -0.1) is 0 Å². The first-order valence-corrected chi connectivity index (χ1v) is 28.9. The lowest BCUT2D eigenvalue weighted by Gasteiger charge is -2.42. The van der Waals surface area contributed by atoms with Crippen molar-refractivity contribution < 1.29 is 41.3 Å². The summed E-state index contributed by atoms with van der Waals surface area (Å²) in [5.41, 5.74) is 2.14. The minimum absolute atomic E-state index is 0.000157. The van der Waals surface area contributed by atoms with Crippen molar-refractivity contribution in [3.63, 3.8) is 0 Å². The molecule has 3 aliphatic heterocycles. The first kappa shape index (κ1) is 48.5. The Morgan fingerprint density at radius 2 is 1.51 bits per heavy atom. The summed E-state index contributed by atoms with van der Waals surface area (Å²) in [7, 11) is -6.35. The van der Waals surface area contributed by atoms with Crippen molar-refractivity contribution in [1.29, 1.82) is 0 Å². The van der Waals surface area contributed by atoms with E-state index in [4.69, 9.17) is 27.8 Å². The molecule has 0 aromatic heterocycles. The summed E-state index contributed by atoms with van der Waals surface area (Å²) < 4.78 is 68.6. The van der Waals surface area contributed by atoms with E-state index in [1.54, 1.807) is 31.4 Å². The van der Waals surface area contributed by atoms with Gasteiger partial charge in [0, 0.05) is 32.5 Å². The number of sulfone groups is 1. The van der Waals surface area contributed by atoms with Crippen molar-refractivity contribution >= 4 is 26.5 Å². The Morgan fingerprint density at radius 1 is 0.877 bits per heavy atom. The molecule has 1 aromatic rings. The number of ether oxygens (including phenoxy) is 4. The first-order valence-electron chi connectivity index (χ1n) is 21.4. The van der Waals surface area contributed by atoms with Crippen molar-refractivity contribution in [2.75, 3.05) is 26.1 Å². The highest BCUT2D eigenvalue weighted by Crippen LogP contribution is 2.44. The molecular formula is C45H78O9SSi2. The molecule has 1 N–H and O–H groups in total. The fraction of sp³-hybridized carbons (Fsp3) is 0.778. The Morgan fingerprint density at radius 3 is 2.11 bits per heavy atom. The second-order valence-electron chi connectivity index (χ2n) is 20.2. The van der Waals surface area contributed by atoms with Gasteiger partial charge in [-0.3, -0.25) is 0 Å². The highest BCUT2D eigenvalue weighted by molar-refractivity contribution is 7.91. The molecule has 3 fully saturated rings. The summed E-state index contributed by atoms with van der Waals surface area (Å²) in [5.74, 6) is -0.324.